The summed E-state index contributed by atoms with van der Waals surface area (Å²) in [5.41, 5.74) is 12.8. The minimum absolute atomic E-state index is 0.554. The van der Waals surface area contributed by atoms with Crippen molar-refractivity contribution in [1.82, 2.24) is 0 Å². The summed E-state index contributed by atoms with van der Waals surface area (Å²) in [5, 5.41) is 0. The second kappa shape index (κ2) is 17.3. The van der Waals surface area contributed by atoms with Crippen LogP contribution in [-0.2, 0) is 16.2 Å². The van der Waals surface area contributed by atoms with E-state index in [1.54, 1.807) is 0 Å². The molecule has 0 saturated heterocycles. The fourth-order valence-electron chi connectivity index (χ4n) is 10.4. The summed E-state index contributed by atoms with van der Waals surface area (Å²) in [5.74, 6) is 0. The van der Waals surface area contributed by atoms with Crippen molar-refractivity contribution in [2.24, 2.45) is 0 Å². The molecule has 0 heterocycles. The van der Waals surface area contributed by atoms with Crippen LogP contribution in [-0.4, -0.2) is 0 Å². The van der Waals surface area contributed by atoms with Gasteiger partial charge in [-0.15, -0.1) is 0 Å². The van der Waals surface area contributed by atoms with Crippen molar-refractivity contribution in [3.8, 4) is 0 Å². The van der Waals surface area contributed by atoms with E-state index in [9.17, 15) is 0 Å². The molecule has 0 amide bonds. The SMILES string of the molecule is c1ccc(C(c2ccccc2)(c2ccccc2)c2ccc(C(c3ccccc3)(c3ccccc3)c3ccc(C(c4ccccc4)(c4ccccc4)c4ccccc4)cc3)cc2)cc1. The van der Waals surface area contributed by atoms with Gasteiger partial charge in [-0.2, -0.15) is 0 Å². The highest BCUT2D eigenvalue weighted by Crippen LogP contribution is 2.50. The summed E-state index contributed by atoms with van der Waals surface area (Å²) in [6.45, 7) is 0. The molecule has 0 radical (unpaired) electrons. The number of benzene rings is 10. The van der Waals surface area contributed by atoms with Gasteiger partial charge in [0.2, 0.25) is 0 Å². The second-order valence-corrected chi connectivity index (χ2v) is 16.3. The highest BCUT2D eigenvalue weighted by Gasteiger charge is 2.43. The fraction of sp³-hybridized carbons (Fsp3) is 0.0476. The van der Waals surface area contributed by atoms with Gasteiger partial charge in [-0.1, -0.05) is 291 Å². The predicted molar refractivity (Wildman–Crippen MR) is 261 cm³/mol. The van der Waals surface area contributed by atoms with Gasteiger partial charge in [0.1, 0.15) is 0 Å². The largest absolute Gasteiger partial charge is 0.0701 e. The van der Waals surface area contributed by atoms with Crippen molar-refractivity contribution in [2.45, 2.75) is 16.2 Å². The lowest BCUT2D eigenvalue weighted by atomic mass is 9.62. The van der Waals surface area contributed by atoms with E-state index < -0.39 is 16.2 Å². The zero-order valence-corrected chi connectivity index (χ0v) is 35.2. The van der Waals surface area contributed by atoms with Crippen molar-refractivity contribution in [3.05, 3.63) is 358 Å². The lowest BCUT2D eigenvalue weighted by molar-refractivity contribution is 0.721. The molecule has 0 atom stereocenters. The molecule has 0 N–H and O–H groups in total. The molecule has 10 rings (SSSR count). The van der Waals surface area contributed by atoms with Gasteiger partial charge in [0.05, 0.1) is 16.2 Å². The molecule has 0 saturated carbocycles. The van der Waals surface area contributed by atoms with E-state index in [1.165, 1.54) is 66.8 Å². The first-order chi connectivity index (χ1) is 31.3. The van der Waals surface area contributed by atoms with Crippen LogP contribution in [0.15, 0.2) is 291 Å². The van der Waals surface area contributed by atoms with E-state index in [4.69, 9.17) is 0 Å². The van der Waals surface area contributed by atoms with Crippen LogP contribution in [0.4, 0.5) is 0 Å². The topological polar surface area (TPSA) is 0 Å². The first-order valence-electron chi connectivity index (χ1n) is 21.9. The Morgan fingerprint density at radius 1 is 0.111 bits per heavy atom. The zero-order chi connectivity index (χ0) is 42.4. The smallest absolute Gasteiger partial charge is 0.0622 e. The average molecular weight is 805 g/mol. The molecule has 10 aromatic rings. The van der Waals surface area contributed by atoms with Crippen LogP contribution in [0.3, 0.4) is 0 Å². The van der Waals surface area contributed by atoms with Crippen LogP contribution in [0.1, 0.15) is 66.8 Å². The van der Waals surface area contributed by atoms with Crippen LogP contribution < -0.4 is 0 Å². The van der Waals surface area contributed by atoms with Gasteiger partial charge >= 0.3 is 0 Å². The quantitative estimate of drug-likeness (QED) is 0.108. The van der Waals surface area contributed by atoms with E-state index in [1.807, 2.05) is 0 Å². The fourth-order valence-corrected chi connectivity index (χ4v) is 10.4. The molecule has 63 heavy (non-hydrogen) atoms. The molecule has 0 aliphatic carbocycles. The molecule has 0 unspecified atom stereocenters. The third-order valence-corrected chi connectivity index (χ3v) is 13.2. The van der Waals surface area contributed by atoms with Gasteiger partial charge in [-0.3, -0.25) is 0 Å². The Morgan fingerprint density at radius 3 is 0.317 bits per heavy atom. The van der Waals surface area contributed by atoms with Crippen LogP contribution >= 0.6 is 0 Å². The molecule has 0 spiro atoms. The van der Waals surface area contributed by atoms with E-state index in [0.29, 0.717) is 0 Å². The Hall–Kier alpha value is -7.80. The van der Waals surface area contributed by atoms with E-state index >= 15 is 0 Å². The summed E-state index contributed by atoms with van der Waals surface area (Å²) >= 11 is 0. The van der Waals surface area contributed by atoms with Gasteiger partial charge in [-0.05, 0) is 66.8 Å². The Kier molecular flexibility index (Phi) is 10.8. The van der Waals surface area contributed by atoms with Crippen molar-refractivity contribution >= 4 is 0 Å². The minimum atomic E-state index is -0.649. The molecule has 0 aliphatic rings. The van der Waals surface area contributed by atoms with E-state index in [0.717, 1.165) is 0 Å². The summed E-state index contributed by atoms with van der Waals surface area (Å²) in [7, 11) is 0. The Morgan fingerprint density at radius 2 is 0.206 bits per heavy atom. The summed E-state index contributed by atoms with van der Waals surface area (Å²) in [6.07, 6.45) is 0. The van der Waals surface area contributed by atoms with Crippen molar-refractivity contribution < 1.29 is 0 Å². The van der Waals surface area contributed by atoms with E-state index in [-0.39, 0.29) is 0 Å². The monoisotopic (exact) mass is 804 g/mol. The summed E-state index contributed by atoms with van der Waals surface area (Å²) in [4.78, 5) is 0. The summed E-state index contributed by atoms with van der Waals surface area (Å²) < 4.78 is 0. The zero-order valence-electron chi connectivity index (χ0n) is 35.2. The summed E-state index contributed by atoms with van der Waals surface area (Å²) in [6, 6.07) is 107. The Bertz CT molecular complexity index is 2560. The van der Waals surface area contributed by atoms with Crippen molar-refractivity contribution in [3.63, 3.8) is 0 Å². The first kappa shape index (κ1) is 39.3. The standard InChI is InChI=1S/C63H48/c1-9-25-49(26-10-1)61(50-27-11-2-12-28-50,51-29-13-3-14-30-51)57-41-45-59(46-42-57)63(55-37-21-7-22-38-55,56-39-23-8-24-40-56)60-47-43-58(44-48-60)62(52-31-15-4-16-32-52,53-33-17-5-18-34-53)54-35-19-6-20-36-54/h1-48H. The molecular formula is C63H48. The Balaban J connectivity index is 1.22. The molecule has 10 aromatic carbocycles. The third kappa shape index (κ3) is 6.72. The van der Waals surface area contributed by atoms with Crippen LogP contribution in [0.25, 0.3) is 0 Å². The molecule has 0 heteroatoms. The highest BCUT2D eigenvalue weighted by atomic mass is 14.4. The van der Waals surface area contributed by atoms with Gasteiger partial charge in [0, 0.05) is 0 Å². The van der Waals surface area contributed by atoms with E-state index in [2.05, 4.69) is 291 Å². The maximum absolute atomic E-state index is 2.38. The molecule has 0 bridgehead atoms. The second-order valence-electron chi connectivity index (χ2n) is 16.3. The molecule has 0 aliphatic heterocycles. The lowest BCUT2D eigenvalue weighted by Crippen LogP contribution is -2.33. The lowest BCUT2D eigenvalue weighted by Gasteiger charge is -2.40. The van der Waals surface area contributed by atoms with Gasteiger partial charge in [0.25, 0.3) is 0 Å². The third-order valence-electron chi connectivity index (χ3n) is 13.2. The molecular weight excluding hydrogens is 757 g/mol. The average Bonchev–Trinajstić information content (AvgIpc) is 3.38. The maximum Gasteiger partial charge on any atom is 0.0701 e. The van der Waals surface area contributed by atoms with Gasteiger partial charge in [-0.25, -0.2) is 0 Å². The normalized spacial score (nSPS) is 11.8. The van der Waals surface area contributed by atoms with Crippen molar-refractivity contribution in [1.29, 1.82) is 0 Å². The van der Waals surface area contributed by atoms with Crippen LogP contribution in [0, 0.1) is 0 Å². The predicted octanol–water partition coefficient (Wildman–Crippen LogP) is 14.8. The molecule has 0 nitrogen and oxygen atoms in total. The number of rotatable bonds is 12. The first-order valence-corrected chi connectivity index (χ1v) is 21.9. The van der Waals surface area contributed by atoms with Crippen molar-refractivity contribution in [2.75, 3.05) is 0 Å². The Labute approximate surface area is 372 Å². The van der Waals surface area contributed by atoms with Gasteiger partial charge in [0.15, 0.2) is 0 Å². The van der Waals surface area contributed by atoms with Crippen LogP contribution in [0.2, 0.25) is 0 Å². The maximum atomic E-state index is 2.38. The highest BCUT2D eigenvalue weighted by molar-refractivity contribution is 5.66. The molecule has 0 aromatic heterocycles. The number of hydrogen-bond acceptors (Lipinski definition) is 0. The molecule has 0 fully saturated rings. The number of hydrogen-bond donors (Lipinski definition) is 0. The van der Waals surface area contributed by atoms with Crippen LogP contribution in [0.5, 0.6) is 0 Å². The molecule has 300 valence electrons. The van der Waals surface area contributed by atoms with Gasteiger partial charge < -0.3 is 0 Å². The minimum Gasteiger partial charge on any atom is -0.0622 e.